The molecule has 0 aliphatic heterocycles. The molecule has 0 bridgehead atoms. The Morgan fingerprint density at radius 2 is 1.75 bits per heavy atom. The molecule has 2 aromatic carbocycles. The monoisotopic (exact) mass is 267 g/mol. The summed E-state index contributed by atoms with van der Waals surface area (Å²) in [6, 6.07) is 13.0. The van der Waals surface area contributed by atoms with Gasteiger partial charge in [-0.15, -0.1) is 0 Å². The van der Waals surface area contributed by atoms with Crippen molar-refractivity contribution in [1.29, 1.82) is 0 Å². The fourth-order valence-corrected chi connectivity index (χ4v) is 1.66. The Kier molecular flexibility index (Phi) is 4.24. The van der Waals surface area contributed by atoms with Crippen molar-refractivity contribution in [3.8, 4) is 0 Å². The van der Waals surface area contributed by atoms with Gasteiger partial charge in [-0.2, -0.15) is 0 Å². The van der Waals surface area contributed by atoms with E-state index in [9.17, 15) is 14.4 Å². The maximum Gasteiger partial charge on any atom is 0.255 e. The molecule has 2 rings (SSSR count). The highest BCUT2D eigenvalue weighted by Gasteiger charge is 2.08. The first-order valence-corrected chi connectivity index (χ1v) is 5.83. The number of carbonyl (C=O) groups excluding carboxylic acids is 3. The van der Waals surface area contributed by atoms with E-state index in [1.165, 1.54) is 0 Å². The highest BCUT2D eigenvalue weighted by Crippen LogP contribution is 2.15. The van der Waals surface area contributed by atoms with Gasteiger partial charge in [0, 0.05) is 16.8 Å². The van der Waals surface area contributed by atoms with Crippen LogP contribution in [0.4, 0.5) is 11.4 Å². The van der Waals surface area contributed by atoms with E-state index in [1.54, 1.807) is 54.8 Å². The third-order valence-electron chi connectivity index (χ3n) is 2.66. The van der Waals surface area contributed by atoms with Gasteiger partial charge in [0.15, 0.2) is 0 Å². The topological polar surface area (TPSA) is 75.3 Å². The van der Waals surface area contributed by atoms with Crippen molar-refractivity contribution in [2.75, 3.05) is 10.6 Å². The Morgan fingerprint density at radius 1 is 1.05 bits per heavy atom. The van der Waals surface area contributed by atoms with Gasteiger partial charge in [0.25, 0.3) is 5.91 Å². The normalized spacial score (nSPS) is 9.60. The van der Waals surface area contributed by atoms with E-state index in [-0.39, 0.29) is 5.91 Å². The highest BCUT2D eigenvalue weighted by molar-refractivity contribution is 6.06. The van der Waals surface area contributed by atoms with Gasteiger partial charge in [0.2, 0.25) is 12.7 Å². The van der Waals surface area contributed by atoms with Crippen LogP contribution < -0.4 is 10.6 Å². The molecular formula is C15H11N2O3. The molecule has 0 saturated carbocycles. The maximum absolute atomic E-state index is 12.0. The average molecular weight is 267 g/mol. The van der Waals surface area contributed by atoms with Gasteiger partial charge >= 0.3 is 0 Å². The fraction of sp³-hybridized carbons (Fsp3) is 0. The third-order valence-corrected chi connectivity index (χ3v) is 2.66. The Bertz CT molecular complexity index is 636. The predicted molar refractivity (Wildman–Crippen MR) is 75.3 cm³/mol. The molecule has 2 N–H and O–H groups in total. The van der Waals surface area contributed by atoms with E-state index < -0.39 is 0 Å². The number of hydrogen-bond acceptors (Lipinski definition) is 3. The average Bonchev–Trinajstić information content (AvgIpc) is 2.49. The SMILES string of the molecule is O=[C]c1ccccc1NC(=O)c1ccc(NC=O)cc1. The molecule has 0 spiro atoms. The summed E-state index contributed by atoms with van der Waals surface area (Å²) in [6.45, 7) is 0. The van der Waals surface area contributed by atoms with Crippen LogP contribution in [-0.4, -0.2) is 18.6 Å². The minimum Gasteiger partial charge on any atom is -0.329 e. The van der Waals surface area contributed by atoms with E-state index in [2.05, 4.69) is 10.6 Å². The van der Waals surface area contributed by atoms with Crippen molar-refractivity contribution < 1.29 is 14.4 Å². The molecule has 99 valence electrons. The molecule has 1 radical (unpaired) electrons. The lowest BCUT2D eigenvalue weighted by molar-refractivity contribution is -0.105. The lowest BCUT2D eigenvalue weighted by Crippen LogP contribution is -2.13. The van der Waals surface area contributed by atoms with E-state index in [1.807, 2.05) is 0 Å². The maximum atomic E-state index is 12.0. The molecule has 20 heavy (non-hydrogen) atoms. The molecule has 2 amide bonds. The van der Waals surface area contributed by atoms with Crippen molar-refractivity contribution in [2.45, 2.75) is 0 Å². The quantitative estimate of drug-likeness (QED) is 0.813. The molecule has 5 nitrogen and oxygen atoms in total. The number of benzene rings is 2. The summed E-state index contributed by atoms with van der Waals surface area (Å²) in [6.07, 6.45) is 2.33. The number of nitrogens with one attached hydrogen (secondary N) is 2. The van der Waals surface area contributed by atoms with Crippen LogP contribution >= 0.6 is 0 Å². The molecule has 2 aromatic rings. The van der Waals surface area contributed by atoms with Gasteiger partial charge in [-0.3, -0.25) is 14.4 Å². The second-order valence-corrected chi connectivity index (χ2v) is 3.94. The van der Waals surface area contributed by atoms with Crippen LogP contribution in [0.15, 0.2) is 48.5 Å². The summed E-state index contributed by atoms with van der Waals surface area (Å²) >= 11 is 0. The molecule has 0 saturated heterocycles. The van der Waals surface area contributed by atoms with E-state index in [0.717, 1.165) is 0 Å². The number of para-hydroxylation sites is 1. The number of hydrogen-bond donors (Lipinski definition) is 2. The number of carbonyl (C=O) groups is 2. The Balaban J connectivity index is 2.15. The van der Waals surface area contributed by atoms with Crippen molar-refractivity contribution in [2.24, 2.45) is 0 Å². The van der Waals surface area contributed by atoms with Crippen LogP contribution in [0.25, 0.3) is 0 Å². The fourth-order valence-electron chi connectivity index (χ4n) is 1.66. The summed E-state index contributed by atoms with van der Waals surface area (Å²) in [5.41, 5.74) is 1.71. The largest absolute Gasteiger partial charge is 0.329 e. The molecule has 0 aliphatic carbocycles. The van der Waals surface area contributed by atoms with Crippen LogP contribution in [0.2, 0.25) is 0 Å². The second-order valence-electron chi connectivity index (χ2n) is 3.94. The summed E-state index contributed by atoms with van der Waals surface area (Å²) in [5, 5.41) is 5.12. The van der Waals surface area contributed by atoms with Crippen molar-refractivity contribution in [3.05, 3.63) is 59.7 Å². The zero-order valence-electron chi connectivity index (χ0n) is 10.4. The third kappa shape index (κ3) is 3.08. The second kappa shape index (κ2) is 6.29. The smallest absolute Gasteiger partial charge is 0.255 e. The zero-order valence-corrected chi connectivity index (χ0v) is 10.4. The van der Waals surface area contributed by atoms with E-state index >= 15 is 0 Å². The van der Waals surface area contributed by atoms with Crippen molar-refractivity contribution in [1.82, 2.24) is 0 Å². The molecule has 0 fully saturated rings. The van der Waals surface area contributed by atoms with Gasteiger partial charge in [-0.25, -0.2) is 0 Å². The van der Waals surface area contributed by atoms with E-state index in [0.29, 0.717) is 28.9 Å². The van der Waals surface area contributed by atoms with Crippen LogP contribution in [0.5, 0.6) is 0 Å². The van der Waals surface area contributed by atoms with Gasteiger partial charge in [0.05, 0.1) is 5.69 Å². The van der Waals surface area contributed by atoms with Gasteiger partial charge in [-0.1, -0.05) is 12.1 Å². The summed E-state index contributed by atoms with van der Waals surface area (Å²) in [7, 11) is 0. The summed E-state index contributed by atoms with van der Waals surface area (Å²) < 4.78 is 0. The number of anilines is 2. The first-order chi connectivity index (χ1) is 9.74. The Morgan fingerprint density at radius 3 is 2.40 bits per heavy atom. The minimum absolute atomic E-state index is 0.292. The lowest BCUT2D eigenvalue weighted by Gasteiger charge is -2.07. The van der Waals surface area contributed by atoms with Crippen LogP contribution in [-0.2, 0) is 9.59 Å². The summed E-state index contributed by atoms with van der Waals surface area (Å²) in [5.74, 6) is -0.342. The van der Waals surface area contributed by atoms with Crippen LogP contribution in [0.1, 0.15) is 15.9 Å². The Labute approximate surface area is 115 Å². The minimum atomic E-state index is -0.342. The number of amides is 2. The summed E-state index contributed by atoms with van der Waals surface area (Å²) in [4.78, 5) is 33.0. The van der Waals surface area contributed by atoms with Crippen LogP contribution in [0.3, 0.4) is 0 Å². The van der Waals surface area contributed by atoms with E-state index in [4.69, 9.17) is 0 Å². The standard InChI is InChI=1S/C15H11N2O3/c18-9-12-3-1-2-4-14(12)17-15(20)11-5-7-13(8-6-11)16-10-19/h1-8,10H,(H,16,19)(H,17,20). The number of rotatable bonds is 5. The predicted octanol–water partition coefficient (Wildman–Crippen LogP) is 1.96. The molecule has 0 aliphatic rings. The van der Waals surface area contributed by atoms with Crippen molar-refractivity contribution in [3.63, 3.8) is 0 Å². The molecular weight excluding hydrogens is 256 g/mol. The zero-order chi connectivity index (χ0) is 14.4. The highest BCUT2D eigenvalue weighted by atomic mass is 16.1. The van der Waals surface area contributed by atoms with Gasteiger partial charge < -0.3 is 10.6 Å². The molecule has 0 unspecified atom stereocenters. The Hall–Kier alpha value is -2.95. The van der Waals surface area contributed by atoms with Gasteiger partial charge in [0.1, 0.15) is 0 Å². The molecule has 0 aromatic heterocycles. The first-order valence-electron chi connectivity index (χ1n) is 5.83. The first kappa shape index (κ1) is 13.5. The van der Waals surface area contributed by atoms with Crippen molar-refractivity contribution >= 4 is 30.0 Å². The van der Waals surface area contributed by atoms with Crippen LogP contribution in [0, 0.1) is 0 Å². The molecule has 0 atom stereocenters. The lowest BCUT2D eigenvalue weighted by atomic mass is 10.1. The molecule has 5 heteroatoms. The molecule has 0 heterocycles. The van der Waals surface area contributed by atoms with Gasteiger partial charge in [-0.05, 0) is 36.4 Å².